The number of allylic oxidation sites excluding steroid dienone is 2. The quantitative estimate of drug-likeness (QED) is 0.248. The number of ketones is 1. The van der Waals surface area contributed by atoms with Crippen molar-refractivity contribution in [2.45, 2.75) is 34.1 Å². The Morgan fingerprint density at radius 1 is 1.14 bits per heavy atom. The average Bonchev–Trinajstić information content (AvgIpc) is 2.60. The molecule has 2 aromatic carbocycles. The molecule has 0 atom stereocenters. The molecule has 3 aromatic rings. The second kappa shape index (κ2) is 11.5. The van der Waals surface area contributed by atoms with Gasteiger partial charge in [0.15, 0.2) is 5.78 Å². The monoisotopic (exact) mass is 553 g/mol. The Hall–Kier alpha value is -2.29. The van der Waals surface area contributed by atoms with Crippen molar-refractivity contribution < 1.29 is 30.0 Å². The minimum absolute atomic E-state index is 0. The summed E-state index contributed by atoms with van der Waals surface area (Å²) >= 11 is 0. The molecule has 149 valence electrons. The van der Waals surface area contributed by atoms with Gasteiger partial charge in [0.1, 0.15) is 0 Å². The summed E-state index contributed by atoms with van der Waals surface area (Å²) in [4.78, 5) is 14.8. The number of aliphatic hydroxyl groups excluding tert-OH is 1. The summed E-state index contributed by atoms with van der Waals surface area (Å²) in [7, 11) is 0. The minimum Gasteiger partial charge on any atom is -0.512 e. The molecule has 0 saturated heterocycles. The summed E-state index contributed by atoms with van der Waals surface area (Å²) in [6.45, 7) is 7.33. The van der Waals surface area contributed by atoms with Crippen molar-refractivity contribution >= 4 is 16.7 Å². The van der Waals surface area contributed by atoms with E-state index >= 15 is 0 Å². The molecular weight excluding hydrogens is 526 g/mol. The van der Waals surface area contributed by atoms with Crippen molar-refractivity contribution in [3.05, 3.63) is 78.1 Å². The molecule has 0 aliphatic heterocycles. The van der Waals surface area contributed by atoms with Gasteiger partial charge in [-0.05, 0) is 43.3 Å². The minimum atomic E-state index is -0.125. The van der Waals surface area contributed by atoms with Crippen LogP contribution in [0.15, 0.2) is 66.4 Å². The molecule has 0 unspecified atom stereocenters. The maximum Gasteiger partial charge on any atom is 0.155 e. The molecule has 3 nitrogen and oxygen atoms in total. The maximum absolute atomic E-state index is 10.0. The van der Waals surface area contributed by atoms with Crippen LogP contribution in [0.5, 0.6) is 0 Å². The molecule has 1 N–H and O–H groups in total. The molecule has 0 saturated carbocycles. The number of rotatable bonds is 4. The standard InChI is InChI=1S/C19H18N.C5H8O2.Ir/c1-14(2)12-15-6-5-8-17(13-15)19-11-10-16-7-3-4-9-18(16)20-19;1-4(6)3-5(2)7;/h3-7,9-11,13-14H,12H2,1-2H3;3,6H,1-2H3;/q-1;;/b;4-3-;. The van der Waals surface area contributed by atoms with Gasteiger partial charge in [-0.1, -0.05) is 44.2 Å². The number of carbonyl (C=O) groups excluding carboxylic acids is 1. The van der Waals surface area contributed by atoms with Crippen molar-refractivity contribution in [2.24, 2.45) is 5.92 Å². The van der Waals surface area contributed by atoms with Crippen molar-refractivity contribution in [3.63, 3.8) is 0 Å². The third-order valence-corrected chi connectivity index (χ3v) is 3.80. The van der Waals surface area contributed by atoms with Gasteiger partial charge in [-0.15, -0.1) is 35.4 Å². The number of fused-ring (bicyclic) bond motifs is 1. The van der Waals surface area contributed by atoms with Gasteiger partial charge in [-0.2, -0.15) is 0 Å². The number of benzene rings is 2. The molecular formula is C24H26IrNO2-. The van der Waals surface area contributed by atoms with Crippen LogP contribution < -0.4 is 0 Å². The van der Waals surface area contributed by atoms with Gasteiger partial charge < -0.3 is 5.11 Å². The average molecular weight is 553 g/mol. The van der Waals surface area contributed by atoms with Crippen LogP contribution in [0.2, 0.25) is 0 Å². The Balaban J connectivity index is 0.000000425. The van der Waals surface area contributed by atoms with Gasteiger partial charge in [0.05, 0.1) is 11.3 Å². The number of carbonyl (C=O) groups is 1. The SMILES string of the molecule is CC(=O)/C=C(/C)O.CC(C)Cc1cc[c-]c(-c2ccc3ccccc3n2)c1.[Ir]. The molecule has 0 aliphatic carbocycles. The summed E-state index contributed by atoms with van der Waals surface area (Å²) in [6.07, 6.45) is 2.26. The molecule has 0 spiro atoms. The number of pyridine rings is 1. The summed E-state index contributed by atoms with van der Waals surface area (Å²) in [5.74, 6) is 0.599. The third kappa shape index (κ3) is 7.75. The van der Waals surface area contributed by atoms with Crippen LogP contribution in [-0.2, 0) is 31.3 Å². The summed E-state index contributed by atoms with van der Waals surface area (Å²) in [5.41, 5.74) is 4.46. The first-order valence-corrected chi connectivity index (χ1v) is 9.09. The van der Waals surface area contributed by atoms with E-state index in [1.54, 1.807) is 0 Å². The zero-order valence-corrected chi connectivity index (χ0v) is 19.1. The molecule has 0 aliphatic rings. The molecule has 0 bridgehead atoms. The summed E-state index contributed by atoms with van der Waals surface area (Å²) in [5, 5.41) is 9.54. The van der Waals surface area contributed by atoms with Gasteiger partial charge in [0.2, 0.25) is 0 Å². The number of aromatic nitrogens is 1. The number of aliphatic hydroxyl groups is 1. The van der Waals surface area contributed by atoms with E-state index in [1.807, 2.05) is 18.2 Å². The predicted molar refractivity (Wildman–Crippen MR) is 112 cm³/mol. The van der Waals surface area contributed by atoms with Crippen LogP contribution in [0.3, 0.4) is 0 Å². The van der Waals surface area contributed by atoms with Crippen molar-refractivity contribution in [1.82, 2.24) is 4.98 Å². The smallest absolute Gasteiger partial charge is 0.155 e. The van der Waals surface area contributed by atoms with E-state index in [4.69, 9.17) is 10.1 Å². The van der Waals surface area contributed by atoms with E-state index in [1.165, 1.54) is 30.9 Å². The fourth-order valence-corrected chi connectivity index (χ4v) is 2.77. The molecule has 0 amide bonds. The van der Waals surface area contributed by atoms with E-state index in [9.17, 15) is 4.79 Å². The van der Waals surface area contributed by atoms with Crippen LogP contribution >= 0.6 is 0 Å². The van der Waals surface area contributed by atoms with E-state index in [-0.39, 0.29) is 31.6 Å². The molecule has 28 heavy (non-hydrogen) atoms. The van der Waals surface area contributed by atoms with Crippen molar-refractivity contribution in [3.8, 4) is 11.3 Å². The Kier molecular flexibility index (Phi) is 9.78. The molecule has 1 aromatic heterocycles. The van der Waals surface area contributed by atoms with E-state index in [2.05, 4.69) is 56.3 Å². The number of hydrogen-bond acceptors (Lipinski definition) is 3. The van der Waals surface area contributed by atoms with Crippen molar-refractivity contribution in [1.29, 1.82) is 0 Å². The zero-order chi connectivity index (χ0) is 19.8. The Morgan fingerprint density at radius 3 is 2.46 bits per heavy atom. The van der Waals surface area contributed by atoms with Crippen molar-refractivity contribution in [2.75, 3.05) is 0 Å². The van der Waals surface area contributed by atoms with Crippen LogP contribution in [0.25, 0.3) is 22.2 Å². The largest absolute Gasteiger partial charge is 0.512 e. The first kappa shape index (κ1) is 23.7. The van der Waals surface area contributed by atoms with E-state index < -0.39 is 0 Å². The van der Waals surface area contributed by atoms with Crippen LogP contribution in [0.1, 0.15) is 33.3 Å². The molecule has 0 fully saturated rings. The van der Waals surface area contributed by atoms with Crippen LogP contribution in [0.4, 0.5) is 0 Å². The number of hydrogen-bond donors (Lipinski definition) is 1. The predicted octanol–water partition coefficient (Wildman–Crippen LogP) is 5.94. The van der Waals surface area contributed by atoms with Gasteiger partial charge in [0, 0.05) is 26.2 Å². The second-order valence-corrected chi connectivity index (χ2v) is 6.99. The maximum atomic E-state index is 10.0. The Bertz CT molecular complexity index is 944. The van der Waals surface area contributed by atoms with Crippen LogP contribution in [0, 0.1) is 12.0 Å². The zero-order valence-electron chi connectivity index (χ0n) is 16.7. The topological polar surface area (TPSA) is 50.2 Å². The number of para-hydroxylation sites is 1. The third-order valence-electron chi connectivity index (χ3n) is 3.80. The number of nitrogens with zero attached hydrogens (tertiary/aromatic N) is 1. The Morgan fingerprint density at radius 2 is 1.86 bits per heavy atom. The van der Waals surface area contributed by atoms with E-state index in [0.29, 0.717) is 5.92 Å². The van der Waals surface area contributed by atoms with Gasteiger partial charge >= 0.3 is 0 Å². The normalized spacial score (nSPS) is 10.8. The molecule has 1 radical (unpaired) electrons. The molecule has 3 rings (SSSR count). The fraction of sp³-hybridized carbons (Fsp3) is 0.250. The van der Waals surface area contributed by atoms with Gasteiger partial charge in [0.25, 0.3) is 0 Å². The first-order chi connectivity index (χ1) is 12.8. The van der Waals surface area contributed by atoms with E-state index in [0.717, 1.165) is 23.2 Å². The molecule has 4 heteroatoms. The second-order valence-electron chi connectivity index (χ2n) is 6.99. The summed E-state index contributed by atoms with van der Waals surface area (Å²) in [6, 6.07) is 22.1. The first-order valence-electron chi connectivity index (χ1n) is 9.09. The Labute approximate surface area is 180 Å². The summed E-state index contributed by atoms with van der Waals surface area (Å²) < 4.78 is 0. The van der Waals surface area contributed by atoms with Crippen LogP contribution in [-0.4, -0.2) is 15.9 Å². The van der Waals surface area contributed by atoms with Gasteiger partial charge in [-0.25, -0.2) is 0 Å². The van der Waals surface area contributed by atoms with Gasteiger partial charge in [-0.3, -0.25) is 9.78 Å². The molecule has 1 heterocycles. The fourth-order valence-electron chi connectivity index (χ4n) is 2.77.